The fraction of sp³-hybridized carbons (Fsp3) is 0.0714. The minimum Gasteiger partial charge on any atom is -0.479 e. The van der Waals surface area contributed by atoms with E-state index in [0.29, 0.717) is 10.7 Å². The number of halogens is 3. The van der Waals surface area contributed by atoms with Crippen LogP contribution in [0.3, 0.4) is 0 Å². The molecule has 2 aromatic carbocycles. The number of carbonyl (C=O) groups is 1. The Kier molecular flexibility index (Phi) is 4.47. The van der Waals surface area contributed by atoms with E-state index in [2.05, 4.69) is 5.32 Å². The van der Waals surface area contributed by atoms with E-state index in [1.165, 1.54) is 12.1 Å². The zero-order chi connectivity index (χ0) is 14.7. The number of para-hydroxylation sites is 1. The van der Waals surface area contributed by atoms with Crippen molar-refractivity contribution >= 4 is 34.9 Å². The molecule has 0 heterocycles. The minimum absolute atomic E-state index is 0.0122. The van der Waals surface area contributed by atoms with Crippen molar-refractivity contribution in [3.63, 3.8) is 0 Å². The van der Waals surface area contributed by atoms with Gasteiger partial charge in [0.2, 0.25) is 0 Å². The van der Waals surface area contributed by atoms with Crippen molar-refractivity contribution in [3.8, 4) is 0 Å². The second-order valence-corrected chi connectivity index (χ2v) is 4.90. The Labute approximate surface area is 124 Å². The molecule has 2 N–H and O–H groups in total. The largest absolute Gasteiger partial charge is 0.479 e. The first-order chi connectivity index (χ1) is 9.49. The predicted octanol–water partition coefficient (Wildman–Crippen LogP) is 4.37. The molecule has 0 aliphatic heterocycles. The molecule has 0 aliphatic carbocycles. The summed E-state index contributed by atoms with van der Waals surface area (Å²) >= 11 is 11.6. The summed E-state index contributed by atoms with van der Waals surface area (Å²) in [6.07, 6.45) is 0. The van der Waals surface area contributed by atoms with Crippen LogP contribution >= 0.6 is 23.2 Å². The summed E-state index contributed by atoms with van der Waals surface area (Å²) in [6.45, 7) is 0. The summed E-state index contributed by atoms with van der Waals surface area (Å²) in [4.78, 5) is 11.3. The number of hydrogen-bond acceptors (Lipinski definition) is 2. The van der Waals surface area contributed by atoms with Gasteiger partial charge in [0.05, 0.1) is 10.7 Å². The van der Waals surface area contributed by atoms with E-state index < -0.39 is 17.8 Å². The third-order valence-corrected chi connectivity index (χ3v) is 3.26. The van der Waals surface area contributed by atoms with Gasteiger partial charge in [0, 0.05) is 10.6 Å². The van der Waals surface area contributed by atoms with E-state index in [-0.39, 0.29) is 10.6 Å². The van der Waals surface area contributed by atoms with Crippen LogP contribution in [0.2, 0.25) is 10.0 Å². The lowest BCUT2D eigenvalue weighted by Crippen LogP contribution is -2.21. The van der Waals surface area contributed by atoms with Crippen LogP contribution in [0.4, 0.5) is 10.1 Å². The lowest BCUT2D eigenvalue weighted by molar-refractivity contribution is -0.138. The molecule has 1 atom stereocenters. The molecule has 1 unspecified atom stereocenters. The second-order valence-electron chi connectivity index (χ2n) is 4.06. The van der Waals surface area contributed by atoms with Crippen LogP contribution in [0.5, 0.6) is 0 Å². The maximum Gasteiger partial charge on any atom is 0.330 e. The van der Waals surface area contributed by atoms with Gasteiger partial charge in [-0.1, -0.05) is 41.4 Å². The van der Waals surface area contributed by atoms with Crippen molar-refractivity contribution in [3.05, 3.63) is 63.9 Å². The molecule has 0 radical (unpaired) electrons. The first-order valence-corrected chi connectivity index (χ1v) is 6.43. The van der Waals surface area contributed by atoms with Crippen molar-refractivity contribution < 1.29 is 14.3 Å². The summed E-state index contributed by atoms with van der Waals surface area (Å²) in [5.41, 5.74) is 0.401. The van der Waals surface area contributed by atoms with Crippen molar-refractivity contribution in [1.29, 1.82) is 0 Å². The lowest BCUT2D eigenvalue weighted by atomic mass is 10.1. The average molecular weight is 314 g/mol. The van der Waals surface area contributed by atoms with Gasteiger partial charge >= 0.3 is 5.97 Å². The van der Waals surface area contributed by atoms with Crippen LogP contribution in [0.1, 0.15) is 11.6 Å². The Hall–Kier alpha value is -1.78. The number of carboxylic acid groups (broad SMARTS) is 1. The first-order valence-electron chi connectivity index (χ1n) is 5.68. The van der Waals surface area contributed by atoms with Gasteiger partial charge in [-0.05, 0) is 24.3 Å². The predicted molar refractivity (Wildman–Crippen MR) is 76.9 cm³/mol. The van der Waals surface area contributed by atoms with Crippen LogP contribution in [0, 0.1) is 5.82 Å². The highest BCUT2D eigenvalue weighted by molar-refractivity contribution is 6.33. The van der Waals surface area contributed by atoms with Gasteiger partial charge in [-0.25, -0.2) is 9.18 Å². The number of rotatable bonds is 4. The van der Waals surface area contributed by atoms with Crippen molar-refractivity contribution in [2.24, 2.45) is 0 Å². The molecule has 0 aliphatic rings. The highest BCUT2D eigenvalue weighted by atomic mass is 35.5. The van der Waals surface area contributed by atoms with Gasteiger partial charge in [-0.15, -0.1) is 0 Å². The van der Waals surface area contributed by atoms with Gasteiger partial charge in [0.25, 0.3) is 0 Å². The van der Waals surface area contributed by atoms with Gasteiger partial charge < -0.3 is 10.4 Å². The average Bonchev–Trinajstić information content (AvgIpc) is 2.38. The molecule has 6 heteroatoms. The molecule has 0 amide bonds. The third-order valence-electron chi connectivity index (χ3n) is 2.69. The molecule has 3 nitrogen and oxygen atoms in total. The molecule has 0 saturated carbocycles. The molecule has 0 fully saturated rings. The van der Waals surface area contributed by atoms with Gasteiger partial charge in [0.15, 0.2) is 6.04 Å². The standard InChI is InChI=1S/C14H10Cl2FNO2/c15-8-5-6-9(11(17)7-8)13(14(19)20)18-12-4-2-1-3-10(12)16/h1-7,13,18H,(H,19,20). The fourth-order valence-corrected chi connectivity index (χ4v) is 2.09. The first kappa shape index (κ1) is 14.6. The van der Waals surface area contributed by atoms with Gasteiger partial charge in [-0.3, -0.25) is 0 Å². The number of carboxylic acids is 1. The number of benzene rings is 2. The van der Waals surface area contributed by atoms with E-state index in [1.54, 1.807) is 24.3 Å². The summed E-state index contributed by atoms with van der Waals surface area (Å²) < 4.78 is 13.8. The van der Waals surface area contributed by atoms with E-state index >= 15 is 0 Å². The Bertz CT molecular complexity index is 649. The summed E-state index contributed by atoms with van der Waals surface area (Å²) in [5.74, 6) is -1.91. The fourth-order valence-electron chi connectivity index (χ4n) is 1.74. The van der Waals surface area contributed by atoms with Gasteiger partial charge in [-0.2, -0.15) is 0 Å². The maximum absolute atomic E-state index is 13.8. The zero-order valence-electron chi connectivity index (χ0n) is 10.1. The third kappa shape index (κ3) is 3.21. The smallest absolute Gasteiger partial charge is 0.330 e. The SMILES string of the molecule is O=C(O)C(Nc1ccccc1Cl)c1ccc(Cl)cc1F. The number of hydrogen-bond donors (Lipinski definition) is 2. The monoisotopic (exact) mass is 313 g/mol. The quantitative estimate of drug-likeness (QED) is 0.881. The molecule has 20 heavy (non-hydrogen) atoms. The highest BCUT2D eigenvalue weighted by Gasteiger charge is 2.23. The Morgan fingerprint density at radius 3 is 2.50 bits per heavy atom. The van der Waals surface area contributed by atoms with Gasteiger partial charge in [0.1, 0.15) is 5.82 Å². The van der Waals surface area contributed by atoms with E-state index in [9.17, 15) is 14.3 Å². The maximum atomic E-state index is 13.8. The Morgan fingerprint density at radius 1 is 1.20 bits per heavy atom. The number of anilines is 1. The van der Waals surface area contributed by atoms with Crippen molar-refractivity contribution in [2.75, 3.05) is 5.32 Å². The molecule has 104 valence electrons. The van der Waals surface area contributed by atoms with E-state index in [0.717, 1.165) is 6.07 Å². The summed E-state index contributed by atoms with van der Waals surface area (Å²) in [6, 6.07) is 9.23. The van der Waals surface area contributed by atoms with Crippen LogP contribution in [-0.4, -0.2) is 11.1 Å². The van der Waals surface area contributed by atoms with Crippen LogP contribution < -0.4 is 5.32 Å². The van der Waals surface area contributed by atoms with Crippen LogP contribution in [0.15, 0.2) is 42.5 Å². The minimum atomic E-state index is -1.26. The Balaban J connectivity index is 2.37. The molecular formula is C14H10Cl2FNO2. The molecular weight excluding hydrogens is 304 g/mol. The second kappa shape index (κ2) is 6.11. The molecule has 2 aromatic rings. The molecule has 0 bridgehead atoms. The lowest BCUT2D eigenvalue weighted by Gasteiger charge is -2.17. The molecule has 0 aromatic heterocycles. The zero-order valence-corrected chi connectivity index (χ0v) is 11.6. The summed E-state index contributed by atoms with van der Waals surface area (Å²) in [7, 11) is 0. The highest BCUT2D eigenvalue weighted by Crippen LogP contribution is 2.28. The van der Waals surface area contributed by atoms with Crippen molar-refractivity contribution in [2.45, 2.75) is 6.04 Å². The number of aliphatic carboxylic acids is 1. The molecule has 2 rings (SSSR count). The normalized spacial score (nSPS) is 11.9. The topological polar surface area (TPSA) is 49.3 Å². The van der Waals surface area contributed by atoms with E-state index in [4.69, 9.17) is 23.2 Å². The molecule has 0 spiro atoms. The van der Waals surface area contributed by atoms with Crippen LogP contribution in [0.25, 0.3) is 0 Å². The van der Waals surface area contributed by atoms with Crippen molar-refractivity contribution in [1.82, 2.24) is 0 Å². The van der Waals surface area contributed by atoms with E-state index in [1.807, 2.05) is 0 Å². The summed E-state index contributed by atoms with van der Waals surface area (Å²) in [5, 5.41) is 12.5. The number of nitrogens with one attached hydrogen (secondary N) is 1. The molecule has 0 saturated heterocycles. The van der Waals surface area contributed by atoms with Crippen LogP contribution in [-0.2, 0) is 4.79 Å². The Morgan fingerprint density at radius 2 is 1.90 bits per heavy atom.